The number of hydrogen-bond donors (Lipinski definition) is 1. The lowest BCUT2D eigenvalue weighted by molar-refractivity contribution is 0.872. The van der Waals surface area contributed by atoms with E-state index in [-0.39, 0.29) is 6.04 Å². The van der Waals surface area contributed by atoms with E-state index in [1.54, 1.807) is 0 Å². The average Bonchev–Trinajstić information content (AvgIpc) is 2.33. The highest BCUT2D eigenvalue weighted by molar-refractivity contribution is 9.10. The lowest BCUT2D eigenvalue weighted by atomic mass is 10.00. The summed E-state index contributed by atoms with van der Waals surface area (Å²) in [6, 6.07) is 12.5. The van der Waals surface area contributed by atoms with Gasteiger partial charge < -0.3 is 5.32 Å². The van der Waals surface area contributed by atoms with Crippen LogP contribution in [0.1, 0.15) is 29.7 Å². The molecule has 1 unspecified atom stereocenters. The lowest BCUT2D eigenvalue weighted by Gasteiger charge is -2.19. The van der Waals surface area contributed by atoms with Crippen molar-refractivity contribution in [2.75, 3.05) is 5.32 Å². The van der Waals surface area contributed by atoms with E-state index in [9.17, 15) is 0 Å². The predicted molar refractivity (Wildman–Crippen MR) is 87.1 cm³/mol. The Hall–Kier alpha value is -0.990. The van der Waals surface area contributed by atoms with Crippen molar-refractivity contribution >= 4 is 33.2 Å². The van der Waals surface area contributed by atoms with Crippen molar-refractivity contribution in [2.45, 2.75) is 26.8 Å². The first-order chi connectivity index (χ1) is 8.97. The van der Waals surface area contributed by atoms with Crippen molar-refractivity contribution in [2.24, 2.45) is 0 Å². The van der Waals surface area contributed by atoms with Gasteiger partial charge in [-0.25, -0.2) is 0 Å². The van der Waals surface area contributed by atoms with Crippen LogP contribution in [0, 0.1) is 13.8 Å². The van der Waals surface area contributed by atoms with Gasteiger partial charge in [-0.05, 0) is 66.0 Å². The van der Waals surface area contributed by atoms with E-state index < -0.39 is 0 Å². The zero-order valence-corrected chi connectivity index (χ0v) is 13.6. The third-order valence-corrected chi connectivity index (χ3v) is 4.12. The quantitative estimate of drug-likeness (QED) is 0.735. The fourth-order valence-corrected chi connectivity index (χ4v) is 2.76. The average molecular weight is 339 g/mol. The molecule has 100 valence electrons. The van der Waals surface area contributed by atoms with Crippen LogP contribution in [-0.2, 0) is 0 Å². The largest absolute Gasteiger partial charge is 0.378 e. The van der Waals surface area contributed by atoms with Gasteiger partial charge in [-0.15, -0.1) is 0 Å². The monoisotopic (exact) mass is 337 g/mol. The van der Waals surface area contributed by atoms with Crippen LogP contribution in [-0.4, -0.2) is 0 Å². The van der Waals surface area contributed by atoms with Gasteiger partial charge in [0, 0.05) is 15.5 Å². The Bertz CT molecular complexity index is 595. The molecule has 2 aromatic rings. The molecule has 0 heterocycles. The molecule has 0 aliphatic rings. The Labute approximate surface area is 128 Å². The number of nitrogens with one attached hydrogen (secondary N) is 1. The van der Waals surface area contributed by atoms with Crippen molar-refractivity contribution in [1.82, 2.24) is 0 Å². The maximum Gasteiger partial charge on any atom is 0.0504 e. The van der Waals surface area contributed by atoms with Gasteiger partial charge in [-0.3, -0.25) is 0 Å². The Morgan fingerprint density at radius 2 is 1.84 bits per heavy atom. The molecular weight excluding hydrogens is 322 g/mol. The highest BCUT2D eigenvalue weighted by atomic mass is 79.9. The van der Waals surface area contributed by atoms with E-state index in [1.165, 1.54) is 16.7 Å². The fraction of sp³-hybridized carbons (Fsp3) is 0.250. The molecule has 0 spiro atoms. The topological polar surface area (TPSA) is 12.0 Å². The van der Waals surface area contributed by atoms with E-state index in [0.717, 1.165) is 15.2 Å². The van der Waals surface area contributed by atoms with E-state index >= 15 is 0 Å². The zero-order chi connectivity index (χ0) is 14.0. The third kappa shape index (κ3) is 3.52. The molecule has 0 aromatic heterocycles. The summed E-state index contributed by atoms with van der Waals surface area (Å²) in [5.41, 5.74) is 4.91. The first-order valence-corrected chi connectivity index (χ1v) is 7.43. The van der Waals surface area contributed by atoms with Crippen LogP contribution >= 0.6 is 27.5 Å². The summed E-state index contributed by atoms with van der Waals surface area (Å²) in [7, 11) is 0. The second-order valence-corrected chi connectivity index (χ2v) is 6.14. The van der Waals surface area contributed by atoms with Crippen molar-refractivity contribution in [3.05, 3.63) is 62.6 Å². The van der Waals surface area contributed by atoms with Crippen molar-refractivity contribution in [3.8, 4) is 0 Å². The van der Waals surface area contributed by atoms with Crippen LogP contribution in [0.15, 0.2) is 40.9 Å². The molecule has 0 radical (unpaired) electrons. The van der Waals surface area contributed by atoms with Crippen molar-refractivity contribution in [1.29, 1.82) is 0 Å². The second kappa shape index (κ2) is 5.98. The number of aryl methyl sites for hydroxylation is 2. The Morgan fingerprint density at radius 3 is 2.53 bits per heavy atom. The van der Waals surface area contributed by atoms with Gasteiger partial charge in [0.1, 0.15) is 0 Å². The number of halogens is 2. The molecule has 1 N–H and O–H groups in total. The molecule has 0 saturated heterocycles. The van der Waals surface area contributed by atoms with Gasteiger partial charge in [0.25, 0.3) is 0 Å². The highest BCUT2D eigenvalue weighted by Gasteiger charge is 2.10. The standard InChI is InChI=1S/C16H17BrClN/c1-10-4-6-14(11(2)8-10)12(3)19-16-9-13(18)5-7-15(16)17/h4-9,12,19H,1-3H3. The summed E-state index contributed by atoms with van der Waals surface area (Å²) >= 11 is 9.58. The van der Waals surface area contributed by atoms with Crippen molar-refractivity contribution < 1.29 is 0 Å². The van der Waals surface area contributed by atoms with Crippen LogP contribution in [0.3, 0.4) is 0 Å². The van der Waals surface area contributed by atoms with Gasteiger partial charge in [-0.1, -0.05) is 35.4 Å². The molecule has 2 aromatic carbocycles. The van der Waals surface area contributed by atoms with Gasteiger partial charge in [0.15, 0.2) is 0 Å². The second-order valence-electron chi connectivity index (χ2n) is 4.85. The number of benzene rings is 2. The van der Waals surface area contributed by atoms with Crippen LogP contribution < -0.4 is 5.32 Å². The molecule has 0 bridgehead atoms. The van der Waals surface area contributed by atoms with Crippen LogP contribution in [0.5, 0.6) is 0 Å². The predicted octanol–water partition coefficient (Wildman–Crippen LogP) is 5.89. The molecular formula is C16H17BrClN. The molecule has 0 amide bonds. The Balaban J connectivity index is 2.25. The van der Waals surface area contributed by atoms with Gasteiger partial charge in [0.2, 0.25) is 0 Å². The summed E-state index contributed by atoms with van der Waals surface area (Å²) in [5, 5.41) is 4.23. The fourth-order valence-electron chi connectivity index (χ4n) is 2.23. The molecule has 0 aliphatic carbocycles. The molecule has 19 heavy (non-hydrogen) atoms. The van der Waals surface area contributed by atoms with E-state index in [1.807, 2.05) is 18.2 Å². The van der Waals surface area contributed by atoms with Crippen LogP contribution in [0.25, 0.3) is 0 Å². The maximum atomic E-state index is 6.04. The lowest BCUT2D eigenvalue weighted by Crippen LogP contribution is -2.08. The van der Waals surface area contributed by atoms with E-state index in [4.69, 9.17) is 11.6 Å². The highest BCUT2D eigenvalue weighted by Crippen LogP contribution is 2.30. The van der Waals surface area contributed by atoms with Gasteiger partial charge >= 0.3 is 0 Å². The summed E-state index contributed by atoms with van der Waals surface area (Å²) in [4.78, 5) is 0. The summed E-state index contributed by atoms with van der Waals surface area (Å²) in [6.07, 6.45) is 0. The van der Waals surface area contributed by atoms with Crippen molar-refractivity contribution in [3.63, 3.8) is 0 Å². The van der Waals surface area contributed by atoms with Crippen LogP contribution in [0.2, 0.25) is 5.02 Å². The normalized spacial score (nSPS) is 12.3. The number of hydrogen-bond acceptors (Lipinski definition) is 1. The number of rotatable bonds is 3. The molecule has 3 heteroatoms. The first-order valence-electron chi connectivity index (χ1n) is 6.26. The molecule has 1 atom stereocenters. The molecule has 2 rings (SSSR count). The van der Waals surface area contributed by atoms with Gasteiger partial charge in [-0.2, -0.15) is 0 Å². The van der Waals surface area contributed by atoms with Crippen LogP contribution in [0.4, 0.5) is 5.69 Å². The molecule has 1 nitrogen and oxygen atoms in total. The van der Waals surface area contributed by atoms with E-state index in [0.29, 0.717) is 0 Å². The summed E-state index contributed by atoms with van der Waals surface area (Å²) in [6.45, 7) is 6.42. The minimum absolute atomic E-state index is 0.232. The first kappa shape index (κ1) is 14.4. The third-order valence-electron chi connectivity index (χ3n) is 3.19. The van der Waals surface area contributed by atoms with E-state index in [2.05, 4.69) is 60.2 Å². The SMILES string of the molecule is Cc1ccc(C(C)Nc2cc(Cl)ccc2Br)c(C)c1. The smallest absolute Gasteiger partial charge is 0.0504 e. The molecule has 0 saturated carbocycles. The molecule has 0 aliphatic heterocycles. The minimum Gasteiger partial charge on any atom is -0.378 e. The Kier molecular flexibility index (Phi) is 4.54. The Morgan fingerprint density at radius 1 is 1.11 bits per heavy atom. The molecule has 0 fully saturated rings. The maximum absolute atomic E-state index is 6.04. The summed E-state index contributed by atoms with van der Waals surface area (Å²) in [5.74, 6) is 0. The zero-order valence-electron chi connectivity index (χ0n) is 11.3. The number of anilines is 1. The summed E-state index contributed by atoms with van der Waals surface area (Å²) < 4.78 is 1.02. The minimum atomic E-state index is 0.232. The van der Waals surface area contributed by atoms with Gasteiger partial charge in [0.05, 0.1) is 5.69 Å².